The van der Waals surface area contributed by atoms with Crippen molar-refractivity contribution >= 4 is 35.8 Å². The fraction of sp³-hybridized carbons (Fsp3) is 0.538. The van der Waals surface area contributed by atoms with Crippen LogP contribution in [0.1, 0.15) is 85.0 Å². The van der Waals surface area contributed by atoms with E-state index >= 15 is 0 Å². The van der Waals surface area contributed by atoms with Gasteiger partial charge in [-0.1, -0.05) is 46.4 Å². The normalized spacial score (nSPS) is 11.3. The number of rotatable bonds is 29. The monoisotopic (exact) mass is 750 g/mol. The molecule has 0 fully saturated rings. The van der Waals surface area contributed by atoms with E-state index in [1.165, 1.54) is 7.11 Å². The highest BCUT2D eigenvalue weighted by molar-refractivity contribution is 5.90. The molecule has 0 aliphatic rings. The molecule has 298 valence electrons. The zero-order valence-corrected chi connectivity index (χ0v) is 31.8. The van der Waals surface area contributed by atoms with Crippen LogP contribution in [0.5, 0.6) is 0 Å². The SMILES string of the molecule is C=C(CC(C)OC(=O)C(=C)CCCOC(=O)C(=C)CCCCOC(=O)C(=C)CC(CC)OC(=O)C(=C)CCOC)C(=O)O.C=C(CCOCC)C(=O)O. The molecule has 2 atom stereocenters. The summed E-state index contributed by atoms with van der Waals surface area (Å²) in [5, 5.41) is 17.2. The number of methoxy groups -OCH3 is 1. The Labute approximate surface area is 313 Å². The molecule has 0 aromatic rings. The summed E-state index contributed by atoms with van der Waals surface area (Å²) >= 11 is 0. The molecule has 0 radical (unpaired) electrons. The van der Waals surface area contributed by atoms with Gasteiger partial charge in [0.25, 0.3) is 0 Å². The lowest BCUT2D eigenvalue weighted by atomic mass is 10.1. The van der Waals surface area contributed by atoms with E-state index < -0.39 is 48.0 Å². The fourth-order valence-corrected chi connectivity index (χ4v) is 3.84. The predicted octanol–water partition coefficient (Wildman–Crippen LogP) is 6.01. The number of unbranched alkanes of at least 4 members (excludes halogenated alkanes) is 1. The van der Waals surface area contributed by atoms with Gasteiger partial charge in [-0.25, -0.2) is 28.8 Å². The number of aliphatic carboxylic acids is 2. The zero-order valence-electron chi connectivity index (χ0n) is 31.8. The second-order valence-corrected chi connectivity index (χ2v) is 11.8. The van der Waals surface area contributed by atoms with E-state index in [-0.39, 0.29) is 65.9 Å². The molecule has 14 nitrogen and oxygen atoms in total. The number of ether oxygens (including phenoxy) is 6. The summed E-state index contributed by atoms with van der Waals surface area (Å²) in [4.78, 5) is 69.6. The molecule has 2 unspecified atom stereocenters. The Morgan fingerprint density at radius 1 is 0.547 bits per heavy atom. The van der Waals surface area contributed by atoms with Gasteiger partial charge in [-0.2, -0.15) is 0 Å². The van der Waals surface area contributed by atoms with E-state index in [1.54, 1.807) is 6.92 Å². The lowest BCUT2D eigenvalue weighted by Crippen LogP contribution is -2.22. The lowest BCUT2D eigenvalue weighted by Gasteiger charge is -2.18. The first-order valence-corrected chi connectivity index (χ1v) is 17.3. The van der Waals surface area contributed by atoms with Crippen LogP contribution >= 0.6 is 0 Å². The average molecular weight is 751 g/mol. The number of carboxylic acids is 2. The Kier molecular flexibility index (Phi) is 28.2. The van der Waals surface area contributed by atoms with Crippen LogP contribution in [0.4, 0.5) is 0 Å². The van der Waals surface area contributed by atoms with Crippen molar-refractivity contribution in [1.82, 2.24) is 0 Å². The van der Waals surface area contributed by atoms with Crippen LogP contribution in [0.2, 0.25) is 0 Å². The third kappa shape index (κ3) is 25.7. The quantitative estimate of drug-likeness (QED) is 0.0390. The molecule has 0 amide bonds. The van der Waals surface area contributed by atoms with Gasteiger partial charge >= 0.3 is 35.8 Å². The minimum absolute atomic E-state index is 0.00281. The van der Waals surface area contributed by atoms with Gasteiger partial charge < -0.3 is 38.6 Å². The van der Waals surface area contributed by atoms with E-state index in [0.29, 0.717) is 64.8 Å². The van der Waals surface area contributed by atoms with Gasteiger partial charge in [-0.3, -0.25) is 0 Å². The highest BCUT2D eigenvalue weighted by Gasteiger charge is 2.20. The van der Waals surface area contributed by atoms with Crippen molar-refractivity contribution in [2.24, 2.45) is 0 Å². The Morgan fingerprint density at radius 2 is 1.04 bits per heavy atom. The Bertz CT molecular complexity index is 1310. The van der Waals surface area contributed by atoms with Gasteiger partial charge in [0.05, 0.1) is 26.4 Å². The van der Waals surface area contributed by atoms with Crippen molar-refractivity contribution in [2.75, 3.05) is 40.1 Å². The van der Waals surface area contributed by atoms with E-state index in [2.05, 4.69) is 39.5 Å². The zero-order chi connectivity index (χ0) is 40.9. The average Bonchev–Trinajstić information content (AvgIpc) is 3.11. The van der Waals surface area contributed by atoms with Crippen LogP contribution in [0.15, 0.2) is 72.9 Å². The first-order chi connectivity index (χ1) is 24.9. The Hall–Kier alpha value is -4.82. The first-order valence-electron chi connectivity index (χ1n) is 17.3. The molecule has 0 aliphatic carbocycles. The summed E-state index contributed by atoms with van der Waals surface area (Å²) in [7, 11) is 1.52. The molecular weight excluding hydrogens is 692 g/mol. The van der Waals surface area contributed by atoms with Crippen LogP contribution < -0.4 is 0 Å². The topological polar surface area (TPSA) is 198 Å². The molecule has 0 aromatic carbocycles. The number of hydrogen-bond acceptors (Lipinski definition) is 12. The van der Waals surface area contributed by atoms with Gasteiger partial charge in [0.15, 0.2) is 0 Å². The second kappa shape index (κ2) is 29.7. The van der Waals surface area contributed by atoms with Gasteiger partial charge in [-0.15, -0.1) is 0 Å². The maximum atomic E-state index is 12.3. The number of hydrogen-bond donors (Lipinski definition) is 2. The standard InChI is InChI=1S/C32H46O11.C7H12O3/c1-9-27(43-32(38)23(4)15-18-39-8)20-25(6)30(36)40-16-11-10-13-21(2)29(35)41-17-12-14-22(3)31(37)42-26(7)19-24(5)28(33)34;1-3-10-5-4-6(2)7(8)9/h26-27H,2-6,9-20H2,1,7-8H3,(H,33,34);2-5H2,1H3,(H,8,9). The minimum Gasteiger partial charge on any atom is -0.478 e. The van der Waals surface area contributed by atoms with Gasteiger partial charge in [-0.05, 0) is 52.4 Å². The van der Waals surface area contributed by atoms with Crippen molar-refractivity contribution < 1.29 is 67.4 Å². The first kappa shape index (κ1) is 50.3. The lowest BCUT2D eigenvalue weighted by molar-refractivity contribution is -0.146. The molecule has 0 spiro atoms. The molecule has 0 aromatic heterocycles. The summed E-state index contributed by atoms with van der Waals surface area (Å²) < 4.78 is 30.8. The van der Waals surface area contributed by atoms with Crippen LogP contribution in [0, 0.1) is 0 Å². The fourth-order valence-electron chi connectivity index (χ4n) is 3.84. The molecule has 2 N–H and O–H groups in total. The van der Waals surface area contributed by atoms with E-state index in [4.69, 9.17) is 38.6 Å². The van der Waals surface area contributed by atoms with Crippen molar-refractivity contribution in [1.29, 1.82) is 0 Å². The Morgan fingerprint density at radius 3 is 1.58 bits per heavy atom. The van der Waals surface area contributed by atoms with Gasteiger partial charge in [0.1, 0.15) is 12.2 Å². The summed E-state index contributed by atoms with van der Waals surface area (Å²) in [6.07, 6.45) is 2.10. The smallest absolute Gasteiger partial charge is 0.333 e. The van der Waals surface area contributed by atoms with Crippen LogP contribution in [0.3, 0.4) is 0 Å². The van der Waals surface area contributed by atoms with Crippen LogP contribution in [-0.4, -0.2) is 98.4 Å². The molecule has 0 heterocycles. The maximum absolute atomic E-state index is 12.3. The maximum Gasteiger partial charge on any atom is 0.333 e. The number of carbonyl (C=O) groups excluding carboxylic acids is 4. The third-order valence-corrected chi connectivity index (χ3v) is 7.13. The van der Waals surface area contributed by atoms with Crippen molar-refractivity contribution in [3.63, 3.8) is 0 Å². The van der Waals surface area contributed by atoms with Crippen LogP contribution in [0.25, 0.3) is 0 Å². The van der Waals surface area contributed by atoms with E-state index in [9.17, 15) is 28.8 Å². The van der Waals surface area contributed by atoms with Crippen molar-refractivity contribution in [3.05, 3.63) is 72.9 Å². The van der Waals surface area contributed by atoms with Crippen molar-refractivity contribution in [2.45, 2.75) is 97.2 Å². The second-order valence-electron chi connectivity index (χ2n) is 11.8. The van der Waals surface area contributed by atoms with Gasteiger partial charge in [0.2, 0.25) is 0 Å². The highest BCUT2D eigenvalue weighted by Crippen LogP contribution is 2.16. The number of carboxylic acid groups (broad SMARTS) is 2. The number of esters is 4. The third-order valence-electron chi connectivity index (χ3n) is 7.13. The molecule has 53 heavy (non-hydrogen) atoms. The predicted molar refractivity (Wildman–Crippen MR) is 198 cm³/mol. The summed E-state index contributed by atoms with van der Waals surface area (Å²) in [5.74, 6) is -4.45. The Balaban J connectivity index is 0. The van der Waals surface area contributed by atoms with E-state index in [1.807, 2.05) is 13.8 Å². The number of carbonyl (C=O) groups is 6. The largest absolute Gasteiger partial charge is 0.478 e. The summed E-state index contributed by atoms with van der Waals surface area (Å²) in [5.41, 5.74) is 1.05. The molecular formula is C39H58O14. The van der Waals surface area contributed by atoms with Gasteiger partial charge in [0, 0.05) is 72.8 Å². The minimum atomic E-state index is -1.16. The molecule has 0 rings (SSSR count). The molecule has 14 heteroatoms. The highest BCUT2D eigenvalue weighted by atomic mass is 16.6. The van der Waals surface area contributed by atoms with E-state index in [0.717, 1.165) is 0 Å². The summed E-state index contributed by atoms with van der Waals surface area (Å²) in [6, 6.07) is 0. The molecule has 0 bridgehead atoms. The molecule has 0 saturated carbocycles. The van der Waals surface area contributed by atoms with Crippen molar-refractivity contribution in [3.8, 4) is 0 Å². The molecule has 0 aliphatic heterocycles. The summed E-state index contributed by atoms with van der Waals surface area (Å²) in [6.45, 7) is 28.4. The van der Waals surface area contributed by atoms with Crippen LogP contribution in [-0.2, 0) is 57.2 Å². The molecule has 0 saturated heterocycles.